The largest absolute Gasteiger partial charge is 0.393 e. The number of fused-ring (bicyclic) bond motifs is 2. The van der Waals surface area contributed by atoms with Crippen molar-refractivity contribution in [2.24, 2.45) is 0 Å². The minimum absolute atomic E-state index is 0.0179. The first-order valence-electron chi connectivity index (χ1n) is 9.77. The summed E-state index contributed by atoms with van der Waals surface area (Å²) in [6.07, 6.45) is 7.89. The minimum Gasteiger partial charge on any atom is -0.393 e. The van der Waals surface area contributed by atoms with E-state index in [0.717, 1.165) is 55.0 Å². The van der Waals surface area contributed by atoms with Crippen LogP contribution in [-0.4, -0.2) is 39.7 Å². The van der Waals surface area contributed by atoms with E-state index in [0.29, 0.717) is 18.2 Å². The van der Waals surface area contributed by atoms with Crippen molar-refractivity contribution >= 4 is 23.2 Å². The van der Waals surface area contributed by atoms with Gasteiger partial charge in [-0.1, -0.05) is 0 Å². The number of aromatic nitrogens is 2. The molecule has 0 saturated heterocycles. The van der Waals surface area contributed by atoms with Crippen molar-refractivity contribution in [3.8, 4) is 0 Å². The highest BCUT2D eigenvalue weighted by molar-refractivity contribution is 6.13. The summed E-state index contributed by atoms with van der Waals surface area (Å²) < 4.78 is 0. The van der Waals surface area contributed by atoms with Crippen LogP contribution in [0.25, 0.3) is 0 Å². The number of aliphatic hydroxyl groups is 1. The summed E-state index contributed by atoms with van der Waals surface area (Å²) in [6.45, 7) is 4.44. The molecule has 1 fully saturated rings. The lowest BCUT2D eigenvalue weighted by molar-refractivity contribution is 0.0987. The minimum atomic E-state index is -0.309. The first kappa shape index (κ1) is 17.9. The Hall–Kier alpha value is -2.47. The lowest BCUT2D eigenvalue weighted by Gasteiger charge is -2.27. The zero-order valence-electron chi connectivity index (χ0n) is 15.9. The number of nitrogens with zero attached hydrogens (tertiary/aromatic N) is 4. The summed E-state index contributed by atoms with van der Waals surface area (Å²) in [5, 5.41) is 9.52. The van der Waals surface area contributed by atoms with Gasteiger partial charge in [-0.15, -0.1) is 0 Å². The van der Waals surface area contributed by atoms with Crippen molar-refractivity contribution in [2.45, 2.75) is 58.1 Å². The molecule has 6 nitrogen and oxygen atoms in total. The normalized spacial score (nSPS) is 17.4. The van der Waals surface area contributed by atoms with Gasteiger partial charge in [0.15, 0.2) is 5.82 Å². The third-order valence-corrected chi connectivity index (χ3v) is 5.26. The maximum Gasteiger partial charge on any atom is 0.262 e. The van der Waals surface area contributed by atoms with Crippen LogP contribution in [0.1, 0.15) is 54.9 Å². The fraction of sp³-hybridized carbons (Fsp3) is 0.476. The molecule has 27 heavy (non-hydrogen) atoms. The third kappa shape index (κ3) is 3.41. The molecule has 4 rings (SSSR count). The number of carbonyl (C=O) groups is 1. The van der Waals surface area contributed by atoms with Crippen molar-refractivity contribution in [1.82, 2.24) is 9.97 Å². The lowest BCUT2D eigenvalue weighted by atomic mass is 10.1. The third-order valence-electron chi connectivity index (χ3n) is 5.26. The van der Waals surface area contributed by atoms with Gasteiger partial charge in [0.25, 0.3) is 5.91 Å². The molecule has 1 saturated carbocycles. The Labute approximate surface area is 159 Å². The van der Waals surface area contributed by atoms with E-state index >= 15 is 0 Å². The monoisotopic (exact) mass is 366 g/mol. The number of aryl methyl sites for hydroxylation is 1. The van der Waals surface area contributed by atoms with E-state index in [1.54, 1.807) is 13.1 Å². The fourth-order valence-corrected chi connectivity index (χ4v) is 3.75. The predicted molar refractivity (Wildman–Crippen MR) is 106 cm³/mol. The summed E-state index contributed by atoms with van der Waals surface area (Å²) in [4.78, 5) is 26.7. The predicted octanol–water partition coefficient (Wildman–Crippen LogP) is 3.60. The number of amides is 1. The number of pyridine rings is 2. The van der Waals surface area contributed by atoms with Crippen molar-refractivity contribution < 1.29 is 9.90 Å². The van der Waals surface area contributed by atoms with Crippen molar-refractivity contribution in [1.29, 1.82) is 0 Å². The van der Waals surface area contributed by atoms with Gasteiger partial charge in [-0.25, -0.2) is 9.97 Å². The fourth-order valence-electron chi connectivity index (χ4n) is 3.75. The van der Waals surface area contributed by atoms with Gasteiger partial charge in [0.05, 0.1) is 17.4 Å². The molecule has 142 valence electrons. The van der Waals surface area contributed by atoms with Crippen LogP contribution in [0.4, 0.5) is 17.3 Å². The lowest BCUT2D eigenvalue weighted by Crippen LogP contribution is -2.32. The number of hydrogen-bond donors (Lipinski definition) is 1. The van der Waals surface area contributed by atoms with Crippen LogP contribution in [-0.2, 0) is 0 Å². The maximum absolute atomic E-state index is 13.5. The van der Waals surface area contributed by atoms with E-state index < -0.39 is 0 Å². The second-order valence-electron chi connectivity index (χ2n) is 7.58. The Morgan fingerprint density at radius 3 is 2.70 bits per heavy atom. The van der Waals surface area contributed by atoms with E-state index in [-0.39, 0.29) is 12.0 Å². The summed E-state index contributed by atoms with van der Waals surface area (Å²) in [7, 11) is 0. The molecular formula is C21H26N4O2. The van der Waals surface area contributed by atoms with E-state index in [1.807, 2.05) is 36.2 Å². The second-order valence-corrected chi connectivity index (χ2v) is 7.58. The van der Waals surface area contributed by atoms with Crippen molar-refractivity contribution in [3.05, 3.63) is 41.7 Å². The van der Waals surface area contributed by atoms with Crippen LogP contribution in [0, 0.1) is 6.92 Å². The molecule has 0 bridgehead atoms. The van der Waals surface area contributed by atoms with Gasteiger partial charge in [0.1, 0.15) is 5.82 Å². The van der Waals surface area contributed by atoms with Gasteiger partial charge < -0.3 is 14.9 Å². The van der Waals surface area contributed by atoms with Crippen molar-refractivity contribution in [3.63, 3.8) is 0 Å². The van der Waals surface area contributed by atoms with Crippen LogP contribution in [0.2, 0.25) is 0 Å². The molecule has 1 aliphatic heterocycles. The average molecular weight is 366 g/mol. The van der Waals surface area contributed by atoms with Gasteiger partial charge in [-0.05, 0) is 69.7 Å². The number of anilines is 3. The summed E-state index contributed by atoms with van der Waals surface area (Å²) in [5.74, 6) is 1.53. The zero-order valence-corrected chi connectivity index (χ0v) is 15.9. The number of hydrogen-bond acceptors (Lipinski definition) is 5. The highest BCUT2D eigenvalue weighted by Gasteiger charge is 2.40. The molecular weight excluding hydrogens is 340 g/mol. The van der Waals surface area contributed by atoms with Gasteiger partial charge >= 0.3 is 0 Å². The molecule has 1 atom stereocenters. The molecule has 2 aromatic rings. The number of carbonyl (C=O) groups excluding carboxylic acids is 1. The molecule has 0 radical (unpaired) electrons. The van der Waals surface area contributed by atoms with E-state index in [9.17, 15) is 9.90 Å². The maximum atomic E-state index is 13.5. The highest BCUT2D eigenvalue weighted by Crippen LogP contribution is 2.45. The van der Waals surface area contributed by atoms with Gasteiger partial charge in [0, 0.05) is 25.0 Å². The number of aliphatic hydroxyl groups excluding tert-OH is 1. The molecule has 1 unspecified atom stereocenters. The Kier molecular flexibility index (Phi) is 4.83. The molecule has 1 aliphatic carbocycles. The molecule has 0 spiro atoms. The SMILES string of the molecule is Cc1ccnc2c1N(CCCCC(C)O)C(=O)c1cccnc1N2C1CC1. The summed E-state index contributed by atoms with van der Waals surface area (Å²) in [5.41, 5.74) is 2.57. The van der Waals surface area contributed by atoms with Crippen LogP contribution >= 0.6 is 0 Å². The van der Waals surface area contributed by atoms with Crippen molar-refractivity contribution in [2.75, 3.05) is 16.3 Å². The number of rotatable bonds is 6. The van der Waals surface area contributed by atoms with Crippen LogP contribution in [0.3, 0.4) is 0 Å². The van der Waals surface area contributed by atoms with Gasteiger partial charge in [-0.2, -0.15) is 0 Å². The molecule has 1 amide bonds. The zero-order chi connectivity index (χ0) is 19.0. The second kappa shape index (κ2) is 7.27. The summed E-state index contributed by atoms with van der Waals surface area (Å²) in [6, 6.07) is 6.01. The smallest absolute Gasteiger partial charge is 0.262 e. The molecule has 6 heteroatoms. The van der Waals surface area contributed by atoms with Crippen LogP contribution in [0.15, 0.2) is 30.6 Å². The average Bonchev–Trinajstić information content (AvgIpc) is 3.48. The molecule has 3 heterocycles. The standard InChI is InChI=1S/C21H26N4O2/c1-14-10-12-23-20-18(14)24(13-4-3-6-15(2)26)21(27)17-7-5-11-22-19(17)25(20)16-8-9-16/h5,7,10-12,15-16,26H,3-4,6,8-9,13H2,1-2H3. The topological polar surface area (TPSA) is 69.6 Å². The highest BCUT2D eigenvalue weighted by atomic mass is 16.3. The summed E-state index contributed by atoms with van der Waals surface area (Å²) >= 11 is 0. The van der Waals surface area contributed by atoms with Crippen LogP contribution < -0.4 is 9.80 Å². The Morgan fingerprint density at radius 1 is 1.19 bits per heavy atom. The van der Waals surface area contributed by atoms with E-state index in [1.165, 1.54) is 0 Å². The van der Waals surface area contributed by atoms with E-state index in [2.05, 4.69) is 14.9 Å². The Balaban J connectivity index is 1.77. The molecule has 1 N–H and O–H groups in total. The Morgan fingerprint density at radius 2 is 1.96 bits per heavy atom. The van der Waals surface area contributed by atoms with Gasteiger partial charge in [-0.3, -0.25) is 4.79 Å². The first-order chi connectivity index (χ1) is 13.1. The molecule has 0 aromatic carbocycles. The number of unbranched alkanes of at least 4 members (excludes halogenated alkanes) is 1. The quantitative estimate of drug-likeness (QED) is 0.791. The Bertz CT molecular complexity index is 848. The van der Waals surface area contributed by atoms with Crippen LogP contribution in [0.5, 0.6) is 0 Å². The van der Waals surface area contributed by atoms with E-state index in [4.69, 9.17) is 0 Å². The first-order valence-corrected chi connectivity index (χ1v) is 9.77. The molecule has 2 aromatic heterocycles. The van der Waals surface area contributed by atoms with Gasteiger partial charge in [0.2, 0.25) is 0 Å². The molecule has 2 aliphatic rings.